The van der Waals surface area contributed by atoms with E-state index in [4.69, 9.17) is 5.73 Å². The van der Waals surface area contributed by atoms with Gasteiger partial charge >= 0.3 is 0 Å². The molecule has 3 aromatic rings. The lowest BCUT2D eigenvalue weighted by molar-refractivity contribution is -0.131. The van der Waals surface area contributed by atoms with Crippen LogP contribution in [0.3, 0.4) is 0 Å². The molecule has 1 aromatic heterocycles. The maximum atomic E-state index is 12.9. The fraction of sp³-hybridized carbons (Fsp3) is 0.333. The largest absolute Gasteiger partial charge is 0.361 e. The van der Waals surface area contributed by atoms with E-state index in [2.05, 4.69) is 27.8 Å². The number of hydrogen-bond acceptors (Lipinski definition) is 3. The van der Waals surface area contributed by atoms with Gasteiger partial charge in [0.25, 0.3) is 0 Å². The molecule has 0 fully saturated rings. The number of carbonyl (C=O) groups excluding carboxylic acids is 2. The number of nitrogens with two attached hydrogens (primary N) is 1. The predicted molar refractivity (Wildman–Crippen MR) is 120 cm³/mol. The molecular weight excluding hydrogens is 376 g/mol. The molecule has 0 saturated carbocycles. The van der Waals surface area contributed by atoms with Crippen molar-refractivity contribution < 1.29 is 9.59 Å². The normalized spacial score (nSPS) is 12.5. The summed E-state index contributed by atoms with van der Waals surface area (Å²) in [7, 11) is 0. The molecule has 3 rings (SSSR count). The van der Waals surface area contributed by atoms with Crippen molar-refractivity contribution in [2.24, 2.45) is 5.73 Å². The van der Waals surface area contributed by atoms with Crippen LogP contribution in [0.15, 0.2) is 60.8 Å². The van der Waals surface area contributed by atoms with Crippen LogP contribution in [0.5, 0.6) is 0 Å². The molecule has 0 spiro atoms. The Bertz CT molecular complexity index is 989. The number of nitrogens with one attached hydrogen (secondary N) is 3. The van der Waals surface area contributed by atoms with Crippen molar-refractivity contribution in [2.45, 2.75) is 44.7 Å². The van der Waals surface area contributed by atoms with Gasteiger partial charge in [0, 0.05) is 30.1 Å². The molecule has 2 amide bonds. The fourth-order valence-corrected chi connectivity index (χ4v) is 3.35. The molecule has 6 nitrogen and oxygen atoms in total. The highest BCUT2D eigenvalue weighted by atomic mass is 16.2. The smallest absolute Gasteiger partial charge is 0.242 e. The van der Waals surface area contributed by atoms with Gasteiger partial charge in [-0.3, -0.25) is 9.59 Å². The van der Waals surface area contributed by atoms with Crippen LogP contribution in [0.4, 0.5) is 0 Å². The van der Waals surface area contributed by atoms with E-state index in [9.17, 15) is 9.59 Å². The van der Waals surface area contributed by atoms with Gasteiger partial charge in [-0.2, -0.15) is 0 Å². The molecule has 0 aliphatic heterocycles. The average molecular weight is 407 g/mol. The first-order valence-corrected chi connectivity index (χ1v) is 10.3. The Morgan fingerprint density at radius 3 is 2.50 bits per heavy atom. The van der Waals surface area contributed by atoms with E-state index in [-0.39, 0.29) is 11.8 Å². The highest BCUT2D eigenvalue weighted by molar-refractivity contribution is 5.92. The van der Waals surface area contributed by atoms with Crippen molar-refractivity contribution in [1.82, 2.24) is 15.6 Å². The lowest BCUT2D eigenvalue weighted by Crippen LogP contribution is -2.56. The van der Waals surface area contributed by atoms with Crippen molar-refractivity contribution in [1.29, 1.82) is 0 Å². The molecule has 1 atom stereocenters. The number of rotatable bonds is 9. The molecule has 0 aliphatic carbocycles. The highest BCUT2D eigenvalue weighted by Crippen LogP contribution is 2.19. The molecule has 0 aliphatic rings. The number of aromatic amines is 1. The Morgan fingerprint density at radius 1 is 1.07 bits per heavy atom. The number of para-hydroxylation sites is 1. The fourth-order valence-electron chi connectivity index (χ4n) is 3.35. The summed E-state index contributed by atoms with van der Waals surface area (Å²) >= 11 is 0. The van der Waals surface area contributed by atoms with Gasteiger partial charge in [0.15, 0.2) is 0 Å². The van der Waals surface area contributed by atoms with Gasteiger partial charge in [0.2, 0.25) is 11.8 Å². The predicted octanol–water partition coefficient (Wildman–Crippen LogP) is 2.68. The molecule has 0 radical (unpaired) electrons. The van der Waals surface area contributed by atoms with E-state index < -0.39 is 11.6 Å². The molecule has 0 unspecified atom stereocenters. The molecule has 6 heteroatoms. The summed E-state index contributed by atoms with van der Waals surface area (Å²) in [5.74, 6) is -0.558. The van der Waals surface area contributed by atoms with Crippen molar-refractivity contribution >= 4 is 22.7 Å². The lowest BCUT2D eigenvalue weighted by Gasteiger charge is -2.24. The molecule has 158 valence electrons. The minimum Gasteiger partial charge on any atom is -0.361 e. The Morgan fingerprint density at radius 2 is 1.77 bits per heavy atom. The van der Waals surface area contributed by atoms with Gasteiger partial charge in [0.05, 0.1) is 5.54 Å². The zero-order valence-corrected chi connectivity index (χ0v) is 17.6. The van der Waals surface area contributed by atoms with Gasteiger partial charge in [-0.1, -0.05) is 48.5 Å². The first kappa shape index (κ1) is 21.6. The van der Waals surface area contributed by atoms with Crippen molar-refractivity contribution in [3.63, 3.8) is 0 Å². The van der Waals surface area contributed by atoms with Gasteiger partial charge in [-0.25, -0.2) is 0 Å². The molecule has 0 bridgehead atoms. The van der Waals surface area contributed by atoms with E-state index >= 15 is 0 Å². The van der Waals surface area contributed by atoms with Crippen LogP contribution < -0.4 is 16.4 Å². The first-order valence-electron chi connectivity index (χ1n) is 10.3. The molecule has 0 saturated heterocycles. The summed E-state index contributed by atoms with van der Waals surface area (Å²) < 4.78 is 0. The summed E-state index contributed by atoms with van der Waals surface area (Å²) in [6.07, 6.45) is 3.98. The SMILES string of the molecule is CC(C)(N)C(=O)N[C@H](Cc1c[nH]c2ccccc12)C(=O)NCCCc1ccccc1. The van der Waals surface area contributed by atoms with E-state index in [1.54, 1.807) is 13.8 Å². The number of hydrogen-bond donors (Lipinski definition) is 4. The summed E-state index contributed by atoms with van der Waals surface area (Å²) in [6, 6.07) is 17.4. The third-order valence-electron chi connectivity index (χ3n) is 5.09. The second-order valence-corrected chi connectivity index (χ2v) is 8.19. The van der Waals surface area contributed by atoms with Crippen LogP contribution in [-0.2, 0) is 22.4 Å². The summed E-state index contributed by atoms with van der Waals surface area (Å²) in [5.41, 5.74) is 8.08. The summed E-state index contributed by atoms with van der Waals surface area (Å²) in [5, 5.41) is 6.84. The van der Waals surface area contributed by atoms with E-state index in [0.717, 1.165) is 29.3 Å². The monoisotopic (exact) mass is 406 g/mol. The summed E-state index contributed by atoms with van der Waals surface area (Å²) in [4.78, 5) is 28.6. The minimum atomic E-state index is -1.06. The van der Waals surface area contributed by atoms with Crippen LogP contribution in [-0.4, -0.2) is 34.9 Å². The molecule has 30 heavy (non-hydrogen) atoms. The number of amides is 2. The Hall–Kier alpha value is -3.12. The number of benzene rings is 2. The highest BCUT2D eigenvalue weighted by Gasteiger charge is 2.28. The number of H-pyrrole nitrogens is 1. The van der Waals surface area contributed by atoms with Crippen molar-refractivity contribution in [2.75, 3.05) is 6.54 Å². The number of carbonyl (C=O) groups is 2. The Balaban J connectivity index is 1.65. The quantitative estimate of drug-likeness (QED) is 0.411. The second-order valence-electron chi connectivity index (χ2n) is 8.19. The van der Waals surface area contributed by atoms with Gasteiger partial charge in [-0.05, 0) is 43.9 Å². The molecule has 5 N–H and O–H groups in total. The maximum Gasteiger partial charge on any atom is 0.242 e. The number of aryl methyl sites for hydroxylation is 1. The first-order chi connectivity index (χ1) is 14.3. The third-order valence-corrected chi connectivity index (χ3v) is 5.09. The number of fused-ring (bicyclic) bond motifs is 1. The number of aromatic nitrogens is 1. The topological polar surface area (TPSA) is 100 Å². The van der Waals surface area contributed by atoms with Crippen LogP contribution >= 0.6 is 0 Å². The Labute approximate surface area is 177 Å². The Kier molecular flexibility index (Phi) is 6.90. The van der Waals surface area contributed by atoms with E-state index in [1.165, 1.54) is 5.56 Å². The molecular formula is C24H30N4O2. The molecule has 2 aromatic carbocycles. The van der Waals surface area contributed by atoms with Crippen LogP contribution in [0, 0.1) is 0 Å². The van der Waals surface area contributed by atoms with E-state index in [0.29, 0.717) is 13.0 Å². The zero-order valence-electron chi connectivity index (χ0n) is 17.6. The lowest BCUT2D eigenvalue weighted by atomic mass is 10.0. The van der Waals surface area contributed by atoms with Crippen molar-refractivity contribution in [3.05, 3.63) is 71.9 Å². The molecule has 1 heterocycles. The van der Waals surface area contributed by atoms with Gasteiger partial charge < -0.3 is 21.4 Å². The third kappa shape index (κ3) is 5.70. The van der Waals surface area contributed by atoms with Crippen LogP contribution in [0.2, 0.25) is 0 Å². The van der Waals surface area contributed by atoms with Crippen LogP contribution in [0.1, 0.15) is 31.4 Å². The van der Waals surface area contributed by atoms with Crippen molar-refractivity contribution in [3.8, 4) is 0 Å². The maximum absolute atomic E-state index is 12.9. The van der Waals surface area contributed by atoms with Gasteiger partial charge in [0.1, 0.15) is 6.04 Å². The van der Waals surface area contributed by atoms with Crippen LogP contribution in [0.25, 0.3) is 10.9 Å². The minimum absolute atomic E-state index is 0.203. The second kappa shape index (κ2) is 9.59. The average Bonchev–Trinajstić information content (AvgIpc) is 3.13. The van der Waals surface area contributed by atoms with E-state index in [1.807, 2.05) is 48.7 Å². The zero-order chi connectivity index (χ0) is 21.6. The van der Waals surface area contributed by atoms with Gasteiger partial charge in [-0.15, -0.1) is 0 Å². The standard InChI is InChI=1S/C24H30N4O2/c1-24(2,25)23(30)28-21(15-18-16-27-20-13-7-6-12-19(18)20)22(29)26-14-8-11-17-9-4-3-5-10-17/h3-7,9-10,12-13,16,21,27H,8,11,14-15,25H2,1-2H3,(H,26,29)(H,28,30)/t21-/m1/s1. The summed E-state index contributed by atoms with van der Waals surface area (Å²) in [6.45, 7) is 3.80.